The molecule has 3 rings (SSSR count). The molecule has 0 N–H and O–H groups in total. The van der Waals surface area contributed by atoms with Gasteiger partial charge in [0.05, 0.1) is 13.2 Å². The predicted molar refractivity (Wildman–Crippen MR) is 63.5 cm³/mol. The number of fused-ring (bicyclic) bond motifs is 1. The van der Waals surface area contributed by atoms with E-state index in [-0.39, 0.29) is 5.15 Å². The standard InChI is InChI=1S/C10H9ClN6O/c11-8-7(5-12)9(16-1-3-18-4-2-16)15-10-13-6-14-17(8)10/h6H,1-4H2. The smallest absolute Gasteiger partial charge is 0.255 e. The Morgan fingerprint density at radius 3 is 2.89 bits per heavy atom. The van der Waals surface area contributed by atoms with E-state index in [2.05, 4.69) is 21.1 Å². The number of halogens is 1. The summed E-state index contributed by atoms with van der Waals surface area (Å²) < 4.78 is 6.63. The van der Waals surface area contributed by atoms with Gasteiger partial charge >= 0.3 is 0 Å². The van der Waals surface area contributed by atoms with E-state index in [1.165, 1.54) is 10.8 Å². The number of hydrogen-bond acceptors (Lipinski definition) is 6. The van der Waals surface area contributed by atoms with E-state index in [1.54, 1.807) is 0 Å². The van der Waals surface area contributed by atoms with Gasteiger partial charge in [0.25, 0.3) is 5.78 Å². The number of nitrogens with zero attached hydrogens (tertiary/aromatic N) is 6. The van der Waals surface area contributed by atoms with E-state index in [4.69, 9.17) is 16.3 Å². The van der Waals surface area contributed by atoms with Gasteiger partial charge in [0.15, 0.2) is 11.0 Å². The van der Waals surface area contributed by atoms with E-state index < -0.39 is 0 Å². The van der Waals surface area contributed by atoms with Crippen LogP contribution in [0.5, 0.6) is 0 Å². The summed E-state index contributed by atoms with van der Waals surface area (Å²) in [7, 11) is 0. The molecule has 0 aliphatic carbocycles. The fourth-order valence-electron chi connectivity index (χ4n) is 1.90. The molecule has 0 unspecified atom stereocenters. The van der Waals surface area contributed by atoms with Crippen molar-refractivity contribution in [1.82, 2.24) is 19.6 Å². The zero-order chi connectivity index (χ0) is 12.5. The molecule has 3 heterocycles. The fourth-order valence-corrected chi connectivity index (χ4v) is 2.15. The Bertz CT molecular complexity index is 627. The number of nitriles is 1. The quantitative estimate of drug-likeness (QED) is 0.698. The van der Waals surface area contributed by atoms with Crippen molar-refractivity contribution in [3.8, 4) is 6.07 Å². The van der Waals surface area contributed by atoms with Crippen molar-refractivity contribution in [2.45, 2.75) is 0 Å². The molecule has 0 saturated carbocycles. The van der Waals surface area contributed by atoms with Gasteiger partial charge in [0.2, 0.25) is 0 Å². The summed E-state index contributed by atoms with van der Waals surface area (Å²) in [6.45, 7) is 2.59. The number of hydrogen-bond donors (Lipinski definition) is 0. The highest BCUT2D eigenvalue weighted by molar-refractivity contribution is 6.31. The van der Waals surface area contributed by atoms with Crippen molar-refractivity contribution >= 4 is 23.2 Å². The van der Waals surface area contributed by atoms with Gasteiger partial charge in [-0.15, -0.1) is 0 Å². The summed E-state index contributed by atoms with van der Waals surface area (Å²) in [5.41, 5.74) is 0.316. The highest BCUT2D eigenvalue weighted by Crippen LogP contribution is 2.25. The van der Waals surface area contributed by atoms with Gasteiger partial charge in [-0.2, -0.15) is 24.8 Å². The second-order valence-corrected chi connectivity index (χ2v) is 4.14. The molecule has 0 aromatic carbocycles. The maximum Gasteiger partial charge on any atom is 0.255 e. The lowest BCUT2D eigenvalue weighted by atomic mass is 10.3. The van der Waals surface area contributed by atoms with Crippen LogP contribution in [-0.2, 0) is 4.74 Å². The summed E-state index contributed by atoms with van der Waals surface area (Å²) in [5.74, 6) is 0.937. The van der Waals surface area contributed by atoms with Crippen molar-refractivity contribution < 1.29 is 4.74 Å². The first-order chi connectivity index (χ1) is 8.81. The molecule has 0 radical (unpaired) electrons. The Kier molecular flexibility index (Phi) is 2.74. The Hall–Kier alpha value is -1.91. The van der Waals surface area contributed by atoms with Crippen LogP contribution in [0.15, 0.2) is 6.33 Å². The topological polar surface area (TPSA) is 79.3 Å². The molecule has 8 heteroatoms. The molecule has 1 aliphatic rings. The molecule has 2 aromatic rings. The number of anilines is 1. The molecule has 2 aromatic heterocycles. The Morgan fingerprint density at radius 2 is 2.17 bits per heavy atom. The van der Waals surface area contributed by atoms with Crippen molar-refractivity contribution in [3.05, 3.63) is 17.0 Å². The highest BCUT2D eigenvalue weighted by Gasteiger charge is 2.21. The number of ether oxygens (including phenoxy) is 1. The largest absolute Gasteiger partial charge is 0.378 e. The third kappa shape index (κ3) is 1.66. The predicted octanol–water partition coefficient (Wildman–Crippen LogP) is 0.486. The molecule has 18 heavy (non-hydrogen) atoms. The maximum atomic E-state index is 9.23. The monoisotopic (exact) mass is 264 g/mol. The van der Waals surface area contributed by atoms with E-state index >= 15 is 0 Å². The van der Waals surface area contributed by atoms with E-state index in [9.17, 15) is 5.26 Å². The Balaban J connectivity index is 2.17. The molecule has 92 valence electrons. The van der Waals surface area contributed by atoms with Crippen LogP contribution in [0.3, 0.4) is 0 Å². The summed E-state index contributed by atoms with van der Waals surface area (Å²) >= 11 is 6.15. The van der Waals surface area contributed by atoms with Crippen LogP contribution < -0.4 is 4.90 Å². The molecule has 7 nitrogen and oxygen atoms in total. The lowest BCUT2D eigenvalue weighted by Gasteiger charge is -2.28. The average Bonchev–Trinajstić information content (AvgIpc) is 2.88. The molecule has 0 bridgehead atoms. The second kappa shape index (κ2) is 4.40. The van der Waals surface area contributed by atoms with Gasteiger partial charge in [0, 0.05) is 13.1 Å². The fraction of sp³-hybridized carbons (Fsp3) is 0.400. The lowest BCUT2D eigenvalue weighted by Crippen LogP contribution is -2.37. The van der Waals surface area contributed by atoms with E-state index in [1.807, 2.05) is 4.90 Å². The SMILES string of the molecule is N#Cc1c(N2CCOCC2)nc2ncnn2c1Cl. The molecule has 1 saturated heterocycles. The van der Waals surface area contributed by atoms with Gasteiger partial charge in [-0.25, -0.2) is 0 Å². The zero-order valence-corrected chi connectivity index (χ0v) is 10.1. The van der Waals surface area contributed by atoms with Gasteiger partial charge in [0.1, 0.15) is 18.0 Å². The normalized spacial score (nSPS) is 15.9. The Labute approximate surface area is 108 Å². The lowest BCUT2D eigenvalue weighted by molar-refractivity contribution is 0.122. The van der Waals surface area contributed by atoms with Gasteiger partial charge in [-0.3, -0.25) is 0 Å². The zero-order valence-electron chi connectivity index (χ0n) is 9.38. The summed E-state index contributed by atoms with van der Waals surface area (Å²) in [4.78, 5) is 10.3. The third-order valence-electron chi connectivity index (χ3n) is 2.77. The third-order valence-corrected chi connectivity index (χ3v) is 3.12. The second-order valence-electron chi connectivity index (χ2n) is 3.78. The number of aromatic nitrogens is 4. The molecule has 1 aliphatic heterocycles. The first-order valence-electron chi connectivity index (χ1n) is 5.43. The summed E-state index contributed by atoms with van der Waals surface area (Å²) in [5, 5.41) is 13.4. The maximum absolute atomic E-state index is 9.23. The first-order valence-corrected chi connectivity index (χ1v) is 5.81. The van der Waals surface area contributed by atoms with Crippen LogP contribution in [0.4, 0.5) is 5.82 Å². The van der Waals surface area contributed by atoms with Crippen LogP contribution in [0.2, 0.25) is 5.15 Å². The van der Waals surface area contributed by atoms with Crippen LogP contribution in [0.1, 0.15) is 5.56 Å². The van der Waals surface area contributed by atoms with Crippen molar-refractivity contribution in [3.63, 3.8) is 0 Å². The molecule has 0 amide bonds. The minimum atomic E-state index is 0.237. The minimum absolute atomic E-state index is 0.237. The number of morpholine rings is 1. The van der Waals surface area contributed by atoms with Crippen molar-refractivity contribution in [1.29, 1.82) is 5.26 Å². The van der Waals surface area contributed by atoms with Crippen LogP contribution in [-0.4, -0.2) is 45.9 Å². The van der Waals surface area contributed by atoms with Crippen molar-refractivity contribution in [2.24, 2.45) is 0 Å². The van der Waals surface area contributed by atoms with E-state index in [0.29, 0.717) is 43.5 Å². The summed E-state index contributed by atoms with van der Waals surface area (Å²) in [6, 6.07) is 2.08. The average molecular weight is 265 g/mol. The number of rotatable bonds is 1. The first kappa shape index (κ1) is 11.2. The van der Waals surface area contributed by atoms with Crippen LogP contribution in [0, 0.1) is 11.3 Å². The van der Waals surface area contributed by atoms with E-state index in [0.717, 1.165) is 0 Å². The molecule has 0 spiro atoms. The summed E-state index contributed by atoms with van der Waals surface area (Å²) in [6.07, 6.45) is 1.36. The van der Waals surface area contributed by atoms with Gasteiger partial charge in [-0.1, -0.05) is 11.6 Å². The molecule has 1 fully saturated rings. The minimum Gasteiger partial charge on any atom is -0.378 e. The molecular weight excluding hydrogens is 256 g/mol. The van der Waals surface area contributed by atoms with Crippen LogP contribution >= 0.6 is 11.6 Å². The van der Waals surface area contributed by atoms with Crippen LogP contribution in [0.25, 0.3) is 5.78 Å². The van der Waals surface area contributed by atoms with Gasteiger partial charge < -0.3 is 9.64 Å². The highest BCUT2D eigenvalue weighted by atomic mass is 35.5. The van der Waals surface area contributed by atoms with Gasteiger partial charge in [-0.05, 0) is 0 Å². The molecular formula is C10H9ClN6O. The Morgan fingerprint density at radius 1 is 1.39 bits per heavy atom. The van der Waals surface area contributed by atoms with Crippen molar-refractivity contribution in [2.75, 3.05) is 31.2 Å². The molecule has 0 atom stereocenters.